The highest BCUT2D eigenvalue weighted by Gasteiger charge is 2.27. The summed E-state index contributed by atoms with van der Waals surface area (Å²) < 4.78 is 0. The molecule has 2 amide bonds. The van der Waals surface area contributed by atoms with Gasteiger partial charge in [0.1, 0.15) is 0 Å². The van der Waals surface area contributed by atoms with Gasteiger partial charge in [0, 0.05) is 51.0 Å². The number of nitrogens with zero attached hydrogens (tertiary/aromatic N) is 3. The summed E-state index contributed by atoms with van der Waals surface area (Å²) in [5, 5.41) is 3.05. The number of nitrogens with one attached hydrogen (secondary N) is 1. The lowest BCUT2D eigenvalue weighted by molar-refractivity contribution is 0.122. The van der Waals surface area contributed by atoms with Crippen molar-refractivity contribution in [2.24, 2.45) is 0 Å². The third-order valence-electron chi connectivity index (χ3n) is 5.29. The number of carbonyl (C=O) groups is 1. The number of hydrogen-bond donors (Lipinski definition) is 1. The number of hydrogen-bond acceptors (Lipinski definition) is 3. The lowest BCUT2D eigenvalue weighted by Crippen LogP contribution is -2.49. The van der Waals surface area contributed by atoms with E-state index in [0.29, 0.717) is 6.04 Å². The van der Waals surface area contributed by atoms with E-state index in [9.17, 15) is 4.79 Å². The van der Waals surface area contributed by atoms with E-state index in [1.165, 1.54) is 6.42 Å². The van der Waals surface area contributed by atoms with Crippen LogP contribution in [0, 0.1) is 0 Å². The molecule has 5 nitrogen and oxygen atoms in total. The molecule has 2 aliphatic rings. The van der Waals surface area contributed by atoms with Crippen LogP contribution in [-0.4, -0.2) is 73.1 Å². The Balaban J connectivity index is 1.52. The molecule has 0 radical (unpaired) electrons. The van der Waals surface area contributed by atoms with Gasteiger partial charge in [0.15, 0.2) is 0 Å². The number of para-hydroxylation sites is 1. The maximum Gasteiger partial charge on any atom is 0.322 e. The molecule has 1 aromatic carbocycles. The Morgan fingerprint density at radius 1 is 1.08 bits per heavy atom. The Morgan fingerprint density at radius 2 is 1.83 bits per heavy atom. The maximum atomic E-state index is 12.7. The Bertz CT molecular complexity index is 513. The Hall–Kier alpha value is -1.59. The molecule has 2 aliphatic heterocycles. The third-order valence-corrected chi connectivity index (χ3v) is 5.29. The largest absolute Gasteiger partial charge is 0.322 e. The van der Waals surface area contributed by atoms with Crippen LogP contribution in [0.2, 0.25) is 0 Å². The van der Waals surface area contributed by atoms with Crippen molar-refractivity contribution < 1.29 is 4.79 Å². The van der Waals surface area contributed by atoms with Crippen molar-refractivity contribution in [3.05, 3.63) is 30.3 Å². The van der Waals surface area contributed by atoms with Gasteiger partial charge in [-0.3, -0.25) is 0 Å². The fraction of sp³-hybridized carbons (Fsp3) is 0.632. The molecule has 0 aromatic heterocycles. The Kier molecular flexibility index (Phi) is 6.10. The number of urea groups is 1. The molecule has 1 N–H and O–H groups in total. The molecule has 5 heteroatoms. The summed E-state index contributed by atoms with van der Waals surface area (Å²) in [6, 6.07) is 10.2. The topological polar surface area (TPSA) is 38.8 Å². The molecular formula is C19H30N4O. The molecule has 1 aromatic rings. The average molecular weight is 330 g/mol. The number of benzene rings is 1. The zero-order valence-corrected chi connectivity index (χ0v) is 14.8. The highest BCUT2D eigenvalue weighted by Crippen LogP contribution is 2.21. The highest BCUT2D eigenvalue weighted by molar-refractivity contribution is 5.89. The Labute approximate surface area is 145 Å². The molecule has 24 heavy (non-hydrogen) atoms. The smallest absolute Gasteiger partial charge is 0.322 e. The van der Waals surface area contributed by atoms with Gasteiger partial charge in [-0.2, -0.15) is 0 Å². The van der Waals surface area contributed by atoms with Crippen molar-refractivity contribution >= 4 is 11.7 Å². The predicted octanol–water partition coefficient (Wildman–Crippen LogP) is 2.71. The zero-order valence-electron chi connectivity index (χ0n) is 14.8. The number of amides is 2. The van der Waals surface area contributed by atoms with Crippen molar-refractivity contribution in [1.29, 1.82) is 0 Å². The van der Waals surface area contributed by atoms with Crippen LogP contribution in [-0.2, 0) is 0 Å². The van der Waals surface area contributed by atoms with Crippen molar-refractivity contribution in [3.8, 4) is 0 Å². The van der Waals surface area contributed by atoms with Gasteiger partial charge in [0.2, 0.25) is 0 Å². The number of piperidine rings is 1. The van der Waals surface area contributed by atoms with E-state index in [0.717, 1.165) is 64.2 Å². The van der Waals surface area contributed by atoms with Crippen LogP contribution in [0.15, 0.2) is 30.3 Å². The van der Waals surface area contributed by atoms with Crippen LogP contribution in [0.25, 0.3) is 0 Å². The minimum atomic E-state index is 0.0595. The normalized spacial score (nSPS) is 23.2. The monoisotopic (exact) mass is 330 g/mol. The first-order valence-electron chi connectivity index (χ1n) is 9.26. The van der Waals surface area contributed by atoms with Crippen LogP contribution in [0.3, 0.4) is 0 Å². The molecular weight excluding hydrogens is 300 g/mol. The lowest BCUT2D eigenvalue weighted by Gasteiger charge is -2.38. The summed E-state index contributed by atoms with van der Waals surface area (Å²) >= 11 is 0. The number of likely N-dealkylation sites (tertiary alicyclic amines) is 1. The first kappa shape index (κ1) is 17.2. The summed E-state index contributed by atoms with van der Waals surface area (Å²) in [5.74, 6) is 0. The van der Waals surface area contributed by atoms with Crippen LogP contribution in [0.4, 0.5) is 10.5 Å². The number of piperazine rings is 1. The van der Waals surface area contributed by atoms with E-state index in [2.05, 4.69) is 27.1 Å². The molecule has 132 valence electrons. The number of rotatable bonds is 4. The van der Waals surface area contributed by atoms with Gasteiger partial charge in [-0.25, -0.2) is 4.79 Å². The molecule has 3 rings (SSSR count). The van der Waals surface area contributed by atoms with Gasteiger partial charge < -0.3 is 20.0 Å². The first-order chi connectivity index (χ1) is 11.7. The first-order valence-corrected chi connectivity index (χ1v) is 9.26. The quantitative estimate of drug-likeness (QED) is 0.922. The molecule has 1 atom stereocenters. The van der Waals surface area contributed by atoms with E-state index in [1.807, 2.05) is 30.3 Å². The van der Waals surface area contributed by atoms with Gasteiger partial charge in [-0.05, 0) is 44.9 Å². The molecule has 2 fully saturated rings. The van der Waals surface area contributed by atoms with Crippen LogP contribution < -0.4 is 5.32 Å². The van der Waals surface area contributed by atoms with Gasteiger partial charge in [-0.1, -0.05) is 18.2 Å². The number of likely N-dealkylation sites (N-methyl/N-ethyl adjacent to an activating group) is 1. The van der Waals surface area contributed by atoms with Crippen molar-refractivity contribution in [3.63, 3.8) is 0 Å². The van der Waals surface area contributed by atoms with E-state index >= 15 is 0 Å². The second-order valence-electron chi connectivity index (χ2n) is 7.07. The second-order valence-corrected chi connectivity index (χ2v) is 7.07. The van der Waals surface area contributed by atoms with Gasteiger partial charge in [0.25, 0.3) is 0 Å². The van der Waals surface area contributed by atoms with Crippen LogP contribution >= 0.6 is 0 Å². The second kappa shape index (κ2) is 8.49. The van der Waals surface area contributed by atoms with Gasteiger partial charge >= 0.3 is 6.03 Å². The summed E-state index contributed by atoms with van der Waals surface area (Å²) in [6.45, 7) is 6.60. The average Bonchev–Trinajstić information content (AvgIpc) is 2.62. The van der Waals surface area contributed by atoms with Crippen LogP contribution in [0.1, 0.15) is 25.7 Å². The number of carbonyl (C=O) groups excluding carboxylic acids is 1. The van der Waals surface area contributed by atoms with E-state index in [-0.39, 0.29) is 6.03 Å². The van der Waals surface area contributed by atoms with Crippen molar-refractivity contribution in [2.75, 3.05) is 51.6 Å². The molecule has 0 saturated carbocycles. The molecule has 0 aliphatic carbocycles. The molecule has 2 saturated heterocycles. The predicted molar refractivity (Wildman–Crippen MR) is 98.4 cm³/mol. The Morgan fingerprint density at radius 3 is 2.58 bits per heavy atom. The summed E-state index contributed by atoms with van der Waals surface area (Å²) in [4.78, 5) is 19.7. The standard InChI is InChI=1S/C19H30N4O/c1-21-13-15-22(16-14-21)12-10-18-9-5-6-11-23(18)19(24)20-17-7-3-2-4-8-17/h2-4,7-8,18H,5-6,9-16H2,1H3,(H,20,24). The SMILES string of the molecule is CN1CCN(CCC2CCCCN2C(=O)Nc2ccccc2)CC1. The molecule has 1 unspecified atom stereocenters. The molecule has 2 heterocycles. The lowest BCUT2D eigenvalue weighted by atomic mass is 9.99. The third kappa shape index (κ3) is 4.71. The van der Waals surface area contributed by atoms with Gasteiger partial charge in [-0.15, -0.1) is 0 Å². The molecule has 0 bridgehead atoms. The summed E-state index contributed by atoms with van der Waals surface area (Å²) in [6.07, 6.45) is 4.58. The van der Waals surface area contributed by atoms with Crippen molar-refractivity contribution in [1.82, 2.24) is 14.7 Å². The minimum Gasteiger partial charge on any atom is -0.322 e. The fourth-order valence-corrected chi connectivity index (χ4v) is 3.69. The summed E-state index contributed by atoms with van der Waals surface area (Å²) in [7, 11) is 2.19. The zero-order chi connectivity index (χ0) is 16.8. The van der Waals surface area contributed by atoms with E-state index < -0.39 is 0 Å². The molecule has 0 spiro atoms. The minimum absolute atomic E-state index is 0.0595. The van der Waals surface area contributed by atoms with Crippen molar-refractivity contribution in [2.45, 2.75) is 31.7 Å². The van der Waals surface area contributed by atoms with E-state index in [4.69, 9.17) is 0 Å². The van der Waals surface area contributed by atoms with Gasteiger partial charge in [0.05, 0.1) is 0 Å². The van der Waals surface area contributed by atoms with Crippen LogP contribution in [0.5, 0.6) is 0 Å². The van der Waals surface area contributed by atoms with E-state index in [1.54, 1.807) is 0 Å². The number of anilines is 1. The summed E-state index contributed by atoms with van der Waals surface area (Å²) in [5.41, 5.74) is 0.880. The maximum absolute atomic E-state index is 12.7. The fourth-order valence-electron chi connectivity index (χ4n) is 3.69. The highest BCUT2D eigenvalue weighted by atomic mass is 16.2.